The van der Waals surface area contributed by atoms with Gasteiger partial charge in [0.2, 0.25) is 5.95 Å². The molecule has 0 aliphatic rings. The van der Waals surface area contributed by atoms with Crippen molar-refractivity contribution >= 4 is 29.1 Å². The van der Waals surface area contributed by atoms with Crippen molar-refractivity contribution in [2.45, 2.75) is 39.0 Å². The van der Waals surface area contributed by atoms with E-state index < -0.39 is 24.2 Å². The van der Waals surface area contributed by atoms with Gasteiger partial charge in [0.1, 0.15) is 17.3 Å². The smallest absolute Gasteiger partial charge is 0.406 e. The van der Waals surface area contributed by atoms with Gasteiger partial charge in [0, 0.05) is 23.4 Å². The monoisotopic (exact) mass is 520 g/mol. The molecule has 0 saturated carbocycles. The Morgan fingerprint density at radius 3 is 2.29 bits per heavy atom. The van der Waals surface area contributed by atoms with Crippen molar-refractivity contribution in [3.8, 4) is 22.8 Å². The Kier molecular flexibility index (Phi) is 7.83. The highest BCUT2D eigenvalue weighted by Crippen LogP contribution is 2.34. The van der Waals surface area contributed by atoms with Crippen LogP contribution in [0, 0.1) is 0 Å². The molecule has 188 valence electrons. The van der Waals surface area contributed by atoms with Gasteiger partial charge >= 0.3 is 12.7 Å². The lowest BCUT2D eigenvalue weighted by Crippen LogP contribution is -2.17. The molecule has 0 radical (unpaired) electrons. The quantitative estimate of drug-likeness (QED) is 0.299. The molecule has 1 heterocycles. The Hall–Kier alpha value is -3.41. The molecule has 13 heteroatoms. The summed E-state index contributed by atoms with van der Waals surface area (Å²) < 4.78 is 83.2. The Morgan fingerprint density at radius 2 is 1.66 bits per heavy atom. The van der Waals surface area contributed by atoms with E-state index in [-0.39, 0.29) is 34.2 Å². The van der Waals surface area contributed by atoms with Crippen molar-refractivity contribution in [2.75, 3.05) is 10.6 Å². The van der Waals surface area contributed by atoms with Crippen molar-refractivity contribution in [2.24, 2.45) is 0 Å². The normalized spacial score (nSPS) is 12.7. The van der Waals surface area contributed by atoms with Crippen LogP contribution in [0.25, 0.3) is 11.3 Å². The summed E-state index contributed by atoms with van der Waals surface area (Å²) in [6.45, 7) is 3.82. The Labute approximate surface area is 201 Å². The third kappa shape index (κ3) is 8.09. The SMILES string of the molecule is CC[C@H](C)Nc1nc(Nc2ccc(OC(F)(F)F)c(Cl)c2)cc(-c2cccc(OC(F)(F)F)c2)n1. The number of nitrogens with zero attached hydrogens (tertiary/aromatic N) is 2. The van der Waals surface area contributed by atoms with Gasteiger partial charge in [-0.1, -0.05) is 30.7 Å². The van der Waals surface area contributed by atoms with Gasteiger partial charge in [0.25, 0.3) is 0 Å². The van der Waals surface area contributed by atoms with E-state index in [2.05, 4.69) is 30.1 Å². The summed E-state index contributed by atoms with van der Waals surface area (Å²) in [7, 11) is 0. The molecule has 0 aliphatic heterocycles. The molecule has 2 aromatic carbocycles. The summed E-state index contributed by atoms with van der Waals surface area (Å²) in [6, 6.07) is 10.2. The Balaban J connectivity index is 1.95. The van der Waals surface area contributed by atoms with Crippen molar-refractivity contribution in [3.05, 3.63) is 53.6 Å². The third-order valence-corrected chi connectivity index (χ3v) is 4.80. The molecule has 0 saturated heterocycles. The molecule has 0 aliphatic carbocycles. The van der Waals surface area contributed by atoms with Crippen molar-refractivity contribution < 1.29 is 35.8 Å². The minimum Gasteiger partial charge on any atom is -0.406 e. The summed E-state index contributed by atoms with van der Waals surface area (Å²) in [4.78, 5) is 8.71. The van der Waals surface area contributed by atoms with Crippen LogP contribution in [-0.4, -0.2) is 28.7 Å². The molecule has 0 bridgehead atoms. The van der Waals surface area contributed by atoms with Crippen LogP contribution in [0.5, 0.6) is 11.5 Å². The van der Waals surface area contributed by atoms with Crippen molar-refractivity contribution in [1.29, 1.82) is 0 Å². The first kappa shape index (κ1) is 26.2. The van der Waals surface area contributed by atoms with E-state index in [9.17, 15) is 26.3 Å². The molecule has 0 spiro atoms. The highest BCUT2D eigenvalue weighted by molar-refractivity contribution is 6.32. The number of nitrogens with one attached hydrogen (secondary N) is 2. The van der Waals surface area contributed by atoms with Crippen LogP contribution >= 0.6 is 11.6 Å². The van der Waals surface area contributed by atoms with Crippen LogP contribution in [0.15, 0.2) is 48.5 Å². The first-order chi connectivity index (χ1) is 16.3. The highest BCUT2D eigenvalue weighted by atomic mass is 35.5. The van der Waals surface area contributed by atoms with Crippen molar-refractivity contribution in [3.63, 3.8) is 0 Å². The molecule has 0 fully saturated rings. The maximum Gasteiger partial charge on any atom is 0.573 e. The molecular weight excluding hydrogens is 502 g/mol. The highest BCUT2D eigenvalue weighted by Gasteiger charge is 2.32. The molecule has 35 heavy (non-hydrogen) atoms. The average molecular weight is 521 g/mol. The predicted octanol–water partition coefficient (Wildman–Crippen LogP) is 7.55. The van der Waals surface area contributed by atoms with Gasteiger partial charge in [-0.3, -0.25) is 0 Å². The fourth-order valence-corrected chi connectivity index (χ4v) is 3.05. The first-order valence-electron chi connectivity index (χ1n) is 10.2. The van der Waals surface area contributed by atoms with E-state index >= 15 is 0 Å². The van der Waals surface area contributed by atoms with Gasteiger partial charge < -0.3 is 20.1 Å². The number of aromatic nitrogens is 2. The number of rotatable bonds is 8. The number of alkyl halides is 6. The largest absolute Gasteiger partial charge is 0.573 e. The minimum absolute atomic E-state index is 0.0220. The van der Waals surface area contributed by atoms with Gasteiger partial charge in [-0.15, -0.1) is 26.3 Å². The van der Waals surface area contributed by atoms with Crippen LogP contribution in [0.3, 0.4) is 0 Å². The first-order valence-corrected chi connectivity index (χ1v) is 10.5. The molecule has 2 N–H and O–H groups in total. The van der Waals surface area contributed by atoms with Gasteiger partial charge in [0.15, 0.2) is 0 Å². The summed E-state index contributed by atoms with van der Waals surface area (Å²) >= 11 is 5.90. The fourth-order valence-electron chi connectivity index (χ4n) is 2.83. The maximum atomic E-state index is 12.6. The van der Waals surface area contributed by atoms with Crippen LogP contribution in [0.2, 0.25) is 5.02 Å². The Morgan fingerprint density at radius 1 is 0.943 bits per heavy atom. The molecule has 1 aromatic heterocycles. The number of hydrogen-bond acceptors (Lipinski definition) is 6. The number of anilines is 3. The average Bonchev–Trinajstić information content (AvgIpc) is 2.73. The van der Waals surface area contributed by atoms with Gasteiger partial charge in [-0.25, -0.2) is 4.98 Å². The number of hydrogen-bond donors (Lipinski definition) is 2. The molecular formula is C22H19ClF6N4O2. The van der Waals surface area contributed by atoms with E-state index in [1.54, 1.807) is 6.07 Å². The summed E-state index contributed by atoms with van der Waals surface area (Å²) in [5.74, 6) is -0.603. The van der Waals surface area contributed by atoms with E-state index in [1.807, 2.05) is 13.8 Å². The van der Waals surface area contributed by atoms with Gasteiger partial charge in [-0.05, 0) is 43.7 Å². The van der Waals surface area contributed by atoms with Crippen molar-refractivity contribution in [1.82, 2.24) is 9.97 Å². The lowest BCUT2D eigenvalue weighted by molar-refractivity contribution is -0.275. The van der Waals surface area contributed by atoms with E-state index in [0.717, 1.165) is 18.6 Å². The zero-order valence-corrected chi connectivity index (χ0v) is 19.0. The Bertz CT molecular complexity index is 1170. The molecule has 1 atom stereocenters. The molecule has 3 aromatic rings. The minimum atomic E-state index is -4.90. The summed E-state index contributed by atoms with van der Waals surface area (Å²) in [5.41, 5.74) is 0.873. The van der Waals surface area contributed by atoms with Crippen LogP contribution in [-0.2, 0) is 0 Å². The molecule has 0 unspecified atom stereocenters. The third-order valence-electron chi connectivity index (χ3n) is 4.51. The van der Waals surface area contributed by atoms with E-state index in [4.69, 9.17) is 11.6 Å². The van der Waals surface area contributed by atoms with E-state index in [1.165, 1.54) is 30.3 Å². The van der Waals surface area contributed by atoms with Crippen LogP contribution < -0.4 is 20.1 Å². The summed E-state index contributed by atoms with van der Waals surface area (Å²) in [5, 5.41) is 5.69. The zero-order chi connectivity index (χ0) is 25.8. The second-order valence-corrected chi connectivity index (χ2v) is 7.72. The second kappa shape index (κ2) is 10.5. The lowest BCUT2D eigenvalue weighted by atomic mass is 10.1. The number of halogens is 7. The topological polar surface area (TPSA) is 68.3 Å². The standard InChI is InChI=1S/C22H19ClF6N4O2/c1-3-12(2)30-20-32-17(13-5-4-6-15(9-13)34-21(24,25)26)11-19(33-20)31-14-7-8-18(16(23)10-14)35-22(27,28)29/h4-12H,3H2,1-2H3,(H2,30,31,32,33)/t12-/m0/s1. The molecule has 3 rings (SSSR count). The number of ether oxygens (including phenoxy) is 2. The van der Waals surface area contributed by atoms with E-state index in [0.29, 0.717) is 5.56 Å². The van der Waals surface area contributed by atoms with Crippen LogP contribution in [0.4, 0.5) is 43.8 Å². The fraction of sp³-hybridized carbons (Fsp3) is 0.273. The molecule has 6 nitrogen and oxygen atoms in total. The number of benzene rings is 2. The predicted molar refractivity (Wildman–Crippen MR) is 119 cm³/mol. The summed E-state index contributed by atoms with van der Waals surface area (Å²) in [6.07, 6.45) is -9.02. The van der Waals surface area contributed by atoms with Gasteiger partial charge in [-0.2, -0.15) is 4.98 Å². The lowest BCUT2D eigenvalue weighted by Gasteiger charge is -2.16. The van der Waals surface area contributed by atoms with Gasteiger partial charge in [0.05, 0.1) is 10.7 Å². The van der Waals surface area contributed by atoms with Crippen LogP contribution in [0.1, 0.15) is 20.3 Å². The maximum absolute atomic E-state index is 12.6. The molecule has 0 amide bonds. The zero-order valence-electron chi connectivity index (χ0n) is 18.3. The second-order valence-electron chi connectivity index (χ2n) is 7.31.